The molecule has 0 aliphatic heterocycles. The van der Waals surface area contributed by atoms with E-state index in [4.69, 9.17) is 5.73 Å². The Kier molecular flexibility index (Phi) is 3.26. The summed E-state index contributed by atoms with van der Waals surface area (Å²) < 4.78 is 13.6. The molecule has 3 N–H and O–H groups in total. The molecule has 0 amide bonds. The van der Waals surface area contributed by atoms with Crippen molar-refractivity contribution in [2.24, 2.45) is 5.73 Å². The number of nitrogens with one attached hydrogen (secondary N) is 1. The molecule has 1 heterocycles. The van der Waals surface area contributed by atoms with Crippen LogP contribution in [0.2, 0.25) is 0 Å². The number of hydrogen-bond acceptors (Lipinski definition) is 3. The van der Waals surface area contributed by atoms with E-state index < -0.39 is 0 Å². The maximum atomic E-state index is 13.6. The smallest absolute Gasteiger partial charge is 0.170 e. The summed E-state index contributed by atoms with van der Waals surface area (Å²) in [5, 5.41) is 0.729. The second-order valence-corrected chi connectivity index (χ2v) is 4.47. The molecule has 0 aliphatic carbocycles. The summed E-state index contributed by atoms with van der Waals surface area (Å²) in [5.74, 6) is -0.272. The topological polar surface area (TPSA) is 54.7 Å². The number of imidazole rings is 1. The highest BCUT2D eigenvalue weighted by molar-refractivity contribution is 7.99. The van der Waals surface area contributed by atoms with Gasteiger partial charge in [-0.3, -0.25) is 0 Å². The SMILES string of the molecule is CC(N)c1c(F)cccc1Sc1ncc[nH]1. The van der Waals surface area contributed by atoms with Gasteiger partial charge in [0.25, 0.3) is 0 Å². The standard InChI is InChI=1S/C11H12FN3S/c1-7(13)10-8(12)3-2-4-9(10)16-11-14-5-6-15-11/h2-7H,13H2,1H3,(H,14,15). The number of nitrogens with zero attached hydrogens (tertiary/aromatic N) is 1. The Morgan fingerprint density at radius 1 is 1.50 bits per heavy atom. The molecule has 0 fully saturated rings. The van der Waals surface area contributed by atoms with Crippen molar-refractivity contribution >= 4 is 11.8 Å². The average molecular weight is 237 g/mol. The number of aromatic amines is 1. The second-order valence-electron chi connectivity index (χ2n) is 3.44. The van der Waals surface area contributed by atoms with Gasteiger partial charge in [-0.15, -0.1) is 0 Å². The average Bonchev–Trinajstić information content (AvgIpc) is 2.70. The number of nitrogens with two attached hydrogens (primary N) is 1. The zero-order chi connectivity index (χ0) is 11.5. The fourth-order valence-electron chi connectivity index (χ4n) is 1.46. The lowest BCUT2D eigenvalue weighted by Crippen LogP contribution is -2.08. The van der Waals surface area contributed by atoms with Gasteiger partial charge in [0, 0.05) is 28.9 Å². The predicted molar refractivity (Wildman–Crippen MR) is 61.7 cm³/mol. The summed E-state index contributed by atoms with van der Waals surface area (Å²) in [6.07, 6.45) is 3.39. The van der Waals surface area contributed by atoms with Crippen LogP contribution in [-0.4, -0.2) is 9.97 Å². The molecular weight excluding hydrogens is 225 g/mol. The normalized spacial score (nSPS) is 12.7. The predicted octanol–water partition coefficient (Wildman–Crippen LogP) is 2.72. The lowest BCUT2D eigenvalue weighted by molar-refractivity contribution is 0.585. The monoisotopic (exact) mass is 237 g/mol. The van der Waals surface area contributed by atoms with Gasteiger partial charge in [-0.05, 0) is 19.1 Å². The van der Waals surface area contributed by atoms with Crippen LogP contribution < -0.4 is 5.73 Å². The summed E-state index contributed by atoms with van der Waals surface area (Å²) in [6, 6.07) is 4.60. The van der Waals surface area contributed by atoms with Crippen LogP contribution in [0, 0.1) is 5.82 Å². The summed E-state index contributed by atoms with van der Waals surface area (Å²) in [5.41, 5.74) is 6.29. The zero-order valence-electron chi connectivity index (χ0n) is 8.77. The number of H-pyrrole nitrogens is 1. The molecule has 3 nitrogen and oxygen atoms in total. The highest BCUT2D eigenvalue weighted by atomic mass is 32.2. The molecule has 84 valence electrons. The first-order valence-electron chi connectivity index (χ1n) is 4.89. The number of halogens is 1. The van der Waals surface area contributed by atoms with Crippen LogP contribution >= 0.6 is 11.8 Å². The van der Waals surface area contributed by atoms with Gasteiger partial charge in [0.1, 0.15) is 5.82 Å². The first kappa shape index (κ1) is 11.2. The molecule has 0 bridgehead atoms. The molecule has 16 heavy (non-hydrogen) atoms. The third kappa shape index (κ3) is 2.25. The highest BCUT2D eigenvalue weighted by Gasteiger charge is 2.13. The molecule has 0 aliphatic rings. The molecule has 1 atom stereocenters. The van der Waals surface area contributed by atoms with E-state index in [1.54, 1.807) is 25.4 Å². The largest absolute Gasteiger partial charge is 0.339 e. The fraction of sp³-hybridized carbons (Fsp3) is 0.182. The van der Waals surface area contributed by atoms with Gasteiger partial charge in [0.05, 0.1) is 0 Å². The zero-order valence-corrected chi connectivity index (χ0v) is 9.59. The molecule has 1 unspecified atom stereocenters. The van der Waals surface area contributed by atoms with Gasteiger partial charge in [-0.2, -0.15) is 0 Å². The van der Waals surface area contributed by atoms with Crippen LogP contribution in [0.25, 0.3) is 0 Å². The van der Waals surface area contributed by atoms with Crippen molar-refractivity contribution in [2.75, 3.05) is 0 Å². The van der Waals surface area contributed by atoms with Gasteiger partial charge in [0.15, 0.2) is 5.16 Å². The molecule has 0 saturated carbocycles. The molecule has 1 aromatic carbocycles. The maximum Gasteiger partial charge on any atom is 0.170 e. The molecule has 2 rings (SSSR count). The van der Waals surface area contributed by atoms with E-state index in [2.05, 4.69) is 9.97 Å². The van der Waals surface area contributed by atoms with E-state index in [9.17, 15) is 4.39 Å². The molecule has 0 saturated heterocycles. The summed E-state index contributed by atoms with van der Waals surface area (Å²) in [6.45, 7) is 1.77. The first-order chi connectivity index (χ1) is 7.68. The van der Waals surface area contributed by atoms with Crippen LogP contribution in [-0.2, 0) is 0 Å². The minimum atomic E-state index is -0.335. The van der Waals surface area contributed by atoms with Crippen LogP contribution in [0.4, 0.5) is 4.39 Å². The van der Waals surface area contributed by atoms with E-state index in [1.165, 1.54) is 17.8 Å². The maximum absolute atomic E-state index is 13.6. The van der Waals surface area contributed by atoms with E-state index in [1.807, 2.05) is 6.07 Å². The molecule has 5 heteroatoms. The van der Waals surface area contributed by atoms with Crippen molar-refractivity contribution in [1.82, 2.24) is 9.97 Å². The second kappa shape index (κ2) is 4.67. The Balaban J connectivity index is 2.37. The van der Waals surface area contributed by atoms with E-state index in [0.29, 0.717) is 5.56 Å². The van der Waals surface area contributed by atoms with Crippen molar-refractivity contribution in [2.45, 2.75) is 23.0 Å². The molecular formula is C11H12FN3S. The summed E-state index contributed by atoms with van der Waals surface area (Å²) in [4.78, 5) is 7.84. The minimum absolute atomic E-state index is 0.272. The Morgan fingerprint density at radius 2 is 2.31 bits per heavy atom. The number of hydrogen-bond donors (Lipinski definition) is 2. The minimum Gasteiger partial charge on any atom is -0.339 e. The van der Waals surface area contributed by atoms with Gasteiger partial charge in [0.2, 0.25) is 0 Å². The van der Waals surface area contributed by atoms with Gasteiger partial charge in [-0.1, -0.05) is 17.8 Å². The summed E-state index contributed by atoms with van der Waals surface area (Å²) in [7, 11) is 0. The quantitative estimate of drug-likeness (QED) is 0.863. The molecule has 1 aromatic heterocycles. The first-order valence-corrected chi connectivity index (χ1v) is 5.71. The van der Waals surface area contributed by atoms with Crippen LogP contribution in [0.15, 0.2) is 40.6 Å². The van der Waals surface area contributed by atoms with E-state index in [0.717, 1.165) is 10.1 Å². The van der Waals surface area contributed by atoms with Crippen molar-refractivity contribution in [3.8, 4) is 0 Å². The molecule has 0 radical (unpaired) electrons. The van der Waals surface area contributed by atoms with E-state index in [-0.39, 0.29) is 11.9 Å². The van der Waals surface area contributed by atoms with Crippen molar-refractivity contribution in [3.05, 3.63) is 42.0 Å². The van der Waals surface area contributed by atoms with Crippen LogP contribution in [0.1, 0.15) is 18.5 Å². The number of benzene rings is 1. The Bertz CT molecular complexity index is 468. The highest BCUT2D eigenvalue weighted by Crippen LogP contribution is 2.32. The van der Waals surface area contributed by atoms with Crippen molar-refractivity contribution in [1.29, 1.82) is 0 Å². The van der Waals surface area contributed by atoms with Crippen LogP contribution in [0.5, 0.6) is 0 Å². The summed E-state index contributed by atoms with van der Waals surface area (Å²) >= 11 is 1.38. The van der Waals surface area contributed by atoms with Crippen molar-refractivity contribution in [3.63, 3.8) is 0 Å². The molecule has 0 spiro atoms. The van der Waals surface area contributed by atoms with Crippen LogP contribution in [0.3, 0.4) is 0 Å². The lowest BCUT2D eigenvalue weighted by atomic mass is 10.1. The fourth-order valence-corrected chi connectivity index (χ4v) is 2.45. The lowest BCUT2D eigenvalue weighted by Gasteiger charge is -2.12. The third-order valence-corrected chi connectivity index (χ3v) is 3.14. The van der Waals surface area contributed by atoms with E-state index >= 15 is 0 Å². The number of rotatable bonds is 3. The molecule has 2 aromatic rings. The Morgan fingerprint density at radius 3 is 2.94 bits per heavy atom. The Hall–Kier alpha value is -1.33. The third-order valence-electron chi connectivity index (χ3n) is 2.15. The Labute approximate surface area is 97.3 Å². The van der Waals surface area contributed by atoms with Gasteiger partial charge >= 0.3 is 0 Å². The number of aromatic nitrogens is 2. The van der Waals surface area contributed by atoms with Gasteiger partial charge in [-0.25, -0.2) is 9.37 Å². The van der Waals surface area contributed by atoms with Crippen molar-refractivity contribution < 1.29 is 4.39 Å². The van der Waals surface area contributed by atoms with Gasteiger partial charge < -0.3 is 10.7 Å².